The van der Waals surface area contributed by atoms with Gasteiger partial charge in [-0.05, 0) is 43.2 Å². The number of carbonyl (C=O) groups excluding carboxylic acids is 1. The summed E-state index contributed by atoms with van der Waals surface area (Å²) in [7, 11) is 1.60. The Kier molecular flexibility index (Phi) is 5.92. The molecule has 162 valence electrons. The van der Waals surface area contributed by atoms with E-state index in [1.165, 1.54) is 0 Å². The fraction of sp³-hybridized carbons (Fsp3) is 0.240. The summed E-state index contributed by atoms with van der Waals surface area (Å²) in [5.41, 5.74) is 3.80. The number of benzene rings is 2. The number of nitrogens with zero attached hydrogens (tertiary/aromatic N) is 2. The van der Waals surface area contributed by atoms with Gasteiger partial charge in [-0.2, -0.15) is 0 Å². The van der Waals surface area contributed by atoms with Gasteiger partial charge < -0.3 is 14.8 Å². The van der Waals surface area contributed by atoms with Crippen LogP contribution in [0.15, 0.2) is 75.4 Å². The minimum Gasteiger partial charge on any atom is -0.481 e. The number of methoxy groups -OCH3 is 1. The van der Waals surface area contributed by atoms with E-state index in [1.54, 1.807) is 18.9 Å². The van der Waals surface area contributed by atoms with Crippen LogP contribution >= 0.6 is 11.8 Å². The van der Waals surface area contributed by atoms with Crippen LogP contribution in [-0.2, 0) is 4.74 Å². The molecule has 0 spiro atoms. The fourth-order valence-corrected chi connectivity index (χ4v) is 4.86. The summed E-state index contributed by atoms with van der Waals surface area (Å²) in [4.78, 5) is 24.4. The van der Waals surface area contributed by atoms with Crippen LogP contribution in [0.4, 0.5) is 5.69 Å². The second-order valence-electron chi connectivity index (χ2n) is 7.65. The Hall–Kier alpha value is -3.16. The standard InChI is InChI=1S/C25H23N3O3S/c1-30-23-10-4-8-19(27-23)24-18-7-2-3-9-21(18)32-22-12-11-16(14-20(22)28-24)25(29)26-15-17-6-5-13-31-17/h2-4,7-12,14,17H,5-6,13,15H2,1H3,(H,26,29). The molecule has 1 N–H and O–H groups in total. The molecule has 2 aliphatic rings. The number of pyridine rings is 1. The van der Waals surface area contributed by atoms with Gasteiger partial charge in [0, 0.05) is 40.1 Å². The summed E-state index contributed by atoms with van der Waals surface area (Å²) in [6, 6.07) is 19.4. The Balaban J connectivity index is 1.52. The molecule has 1 saturated heterocycles. The zero-order chi connectivity index (χ0) is 21.9. The molecule has 0 bridgehead atoms. The molecule has 0 saturated carbocycles. The number of nitrogens with one attached hydrogen (secondary N) is 1. The van der Waals surface area contributed by atoms with Crippen LogP contribution < -0.4 is 10.1 Å². The SMILES string of the molecule is COc1cccc(C2=Nc3cc(C(=O)NCC4CCCO4)ccc3Sc3ccccc32)n1. The topological polar surface area (TPSA) is 72.8 Å². The van der Waals surface area contributed by atoms with Crippen molar-refractivity contribution >= 4 is 29.1 Å². The van der Waals surface area contributed by atoms with Crippen molar-refractivity contribution in [1.82, 2.24) is 10.3 Å². The van der Waals surface area contributed by atoms with Gasteiger partial charge in [0.25, 0.3) is 5.91 Å². The smallest absolute Gasteiger partial charge is 0.251 e. The number of rotatable bonds is 5. The first-order valence-corrected chi connectivity index (χ1v) is 11.4. The van der Waals surface area contributed by atoms with Gasteiger partial charge in [-0.1, -0.05) is 36.0 Å². The molecule has 1 amide bonds. The Morgan fingerprint density at radius 1 is 1.16 bits per heavy atom. The largest absolute Gasteiger partial charge is 0.481 e. The number of amides is 1. The first kappa shape index (κ1) is 20.7. The van der Waals surface area contributed by atoms with Crippen LogP contribution in [-0.4, -0.2) is 43.0 Å². The Labute approximate surface area is 191 Å². The molecule has 6 nitrogen and oxygen atoms in total. The van der Waals surface area contributed by atoms with E-state index in [-0.39, 0.29) is 12.0 Å². The first-order valence-electron chi connectivity index (χ1n) is 10.6. The number of hydrogen-bond acceptors (Lipinski definition) is 6. The third-order valence-electron chi connectivity index (χ3n) is 5.51. The molecule has 3 heterocycles. The summed E-state index contributed by atoms with van der Waals surface area (Å²) < 4.78 is 10.9. The highest BCUT2D eigenvalue weighted by molar-refractivity contribution is 7.99. The van der Waals surface area contributed by atoms with Gasteiger partial charge in [-0.15, -0.1) is 0 Å². The van der Waals surface area contributed by atoms with Crippen molar-refractivity contribution in [3.05, 3.63) is 77.5 Å². The molecule has 2 aromatic carbocycles. The van der Waals surface area contributed by atoms with Gasteiger partial charge in [-0.25, -0.2) is 9.98 Å². The molecule has 3 aromatic rings. The molecular weight excluding hydrogens is 422 g/mol. The quantitative estimate of drug-likeness (QED) is 0.485. The number of hydrogen-bond donors (Lipinski definition) is 1. The molecule has 1 aromatic heterocycles. The highest BCUT2D eigenvalue weighted by Crippen LogP contribution is 2.41. The molecule has 5 rings (SSSR count). The van der Waals surface area contributed by atoms with Crippen LogP contribution in [0.1, 0.15) is 34.5 Å². The normalized spacial score (nSPS) is 17.0. The number of aromatic nitrogens is 1. The van der Waals surface area contributed by atoms with E-state index >= 15 is 0 Å². The minimum absolute atomic E-state index is 0.105. The summed E-state index contributed by atoms with van der Waals surface area (Å²) in [6.45, 7) is 1.30. The highest BCUT2D eigenvalue weighted by Gasteiger charge is 2.22. The molecule has 1 unspecified atom stereocenters. The van der Waals surface area contributed by atoms with Gasteiger partial charge >= 0.3 is 0 Å². The van der Waals surface area contributed by atoms with E-state index in [0.29, 0.717) is 18.0 Å². The summed E-state index contributed by atoms with van der Waals surface area (Å²) >= 11 is 1.64. The number of carbonyl (C=O) groups is 1. The van der Waals surface area contributed by atoms with Crippen LogP contribution in [0.25, 0.3) is 0 Å². The van der Waals surface area contributed by atoms with Gasteiger partial charge in [0.2, 0.25) is 5.88 Å². The van der Waals surface area contributed by atoms with Gasteiger partial charge in [0.15, 0.2) is 0 Å². The van der Waals surface area contributed by atoms with E-state index in [2.05, 4.69) is 16.4 Å². The van der Waals surface area contributed by atoms with E-state index in [0.717, 1.165) is 51.9 Å². The van der Waals surface area contributed by atoms with Crippen molar-refractivity contribution in [1.29, 1.82) is 0 Å². The summed E-state index contributed by atoms with van der Waals surface area (Å²) in [6.07, 6.45) is 2.14. The number of ether oxygens (including phenoxy) is 2. The monoisotopic (exact) mass is 445 g/mol. The molecule has 1 fully saturated rings. The Bertz CT molecular complexity index is 1190. The van der Waals surface area contributed by atoms with Crippen molar-refractivity contribution in [2.24, 2.45) is 4.99 Å². The minimum atomic E-state index is -0.119. The maximum Gasteiger partial charge on any atom is 0.251 e. The Morgan fingerprint density at radius 2 is 2.06 bits per heavy atom. The number of fused-ring (bicyclic) bond motifs is 2. The molecule has 0 radical (unpaired) electrons. The second kappa shape index (κ2) is 9.14. The third-order valence-corrected chi connectivity index (χ3v) is 6.65. The van der Waals surface area contributed by atoms with Crippen molar-refractivity contribution in [3.8, 4) is 5.88 Å². The first-order chi connectivity index (χ1) is 15.7. The third kappa shape index (κ3) is 4.26. The van der Waals surface area contributed by atoms with E-state index in [9.17, 15) is 4.79 Å². The van der Waals surface area contributed by atoms with Crippen LogP contribution in [0.3, 0.4) is 0 Å². The summed E-state index contributed by atoms with van der Waals surface area (Å²) in [5, 5.41) is 2.99. The molecule has 2 aliphatic heterocycles. The molecule has 0 aliphatic carbocycles. The predicted octanol–water partition coefficient (Wildman–Crippen LogP) is 4.63. The summed E-state index contributed by atoms with van der Waals surface area (Å²) in [5.74, 6) is 0.411. The zero-order valence-electron chi connectivity index (χ0n) is 17.7. The zero-order valence-corrected chi connectivity index (χ0v) is 18.5. The maximum atomic E-state index is 12.8. The molecule has 1 atom stereocenters. The van der Waals surface area contributed by atoms with Crippen molar-refractivity contribution in [2.75, 3.05) is 20.3 Å². The fourth-order valence-electron chi connectivity index (χ4n) is 3.85. The van der Waals surface area contributed by atoms with E-state index in [1.807, 2.05) is 54.6 Å². The van der Waals surface area contributed by atoms with Crippen LogP contribution in [0.5, 0.6) is 5.88 Å². The lowest BCUT2D eigenvalue weighted by molar-refractivity contribution is 0.0858. The van der Waals surface area contributed by atoms with Crippen molar-refractivity contribution < 1.29 is 14.3 Å². The van der Waals surface area contributed by atoms with Crippen molar-refractivity contribution in [2.45, 2.75) is 28.7 Å². The van der Waals surface area contributed by atoms with Crippen LogP contribution in [0, 0.1) is 0 Å². The molecule has 32 heavy (non-hydrogen) atoms. The van der Waals surface area contributed by atoms with E-state index < -0.39 is 0 Å². The lowest BCUT2D eigenvalue weighted by Gasteiger charge is -2.11. The van der Waals surface area contributed by atoms with Crippen LogP contribution in [0.2, 0.25) is 0 Å². The van der Waals surface area contributed by atoms with Gasteiger partial charge in [-0.3, -0.25) is 4.79 Å². The average molecular weight is 446 g/mol. The average Bonchev–Trinajstić information content (AvgIpc) is 3.30. The maximum absolute atomic E-state index is 12.8. The van der Waals surface area contributed by atoms with Crippen molar-refractivity contribution in [3.63, 3.8) is 0 Å². The predicted molar refractivity (Wildman–Crippen MR) is 124 cm³/mol. The van der Waals surface area contributed by atoms with E-state index in [4.69, 9.17) is 14.5 Å². The molecule has 7 heteroatoms. The molecular formula is C25H23N3O3S. The van der Waals surface area contributed by atoms with Gasteiger partial charge in [0.1, 0.15) is 0 Å². The lowest BCUT2D eigenvalue weighted by atomic mass is 10.1. The Morgan fingerprint density at radius 3 is 2.91 bits per heavy atom. The second-order valence-corrected chi connectivity index (χ2v) is 8.74. The lowest BCUT2D eigenvalue weighted by Crippen LogP contribution is -2.31. The number of aliphatic imine (C=N–C) groups is 1. The van der Waals surface area contributed by atoms with Gasteiger partial charge in [0.05, 0.1) is 30.3 Å². The highest BCUT2D eigenvalue weighted by atomic mass is 32.2.